The number of nitrogens with one attached hydrogen (secondary N) is 1. The van der Waals surface area contributed by atoms with Crippen LogP contribution in [0, 0.1) is 0 Å². The number of fused-ring (bicyclic) bond motifs is 1. The molecule has 1 aromatic carbocycles. The fourth-order valence-corrected chi connectivity index (χ4v) is 2.46. The molecule has 2 amide bonds. The van der Waals surface area contributed by atoms with E-state index in [4.69, 9.17) is 4.42 Å². The van der Waals surface area contributed by atoms with Gasteiger partial charge in [0, 0.05) is 30.4 Å². The fraction of sp³-hybridized carbons (Fsp3) is 0.278. The molecule has 7 nitrogen and oxygen atoms in total. The third-order valence-corrected chi connectivity index (χ3v) is 3.79. The number of aromatic nitrogens is 2. The first-order valence-electron chi connectivity index (χ1n) is 8.02. The van der Waals surface area contributed by atoms with E-state index in [9.17, 15) is 9.59 Å². The molecule has 0 fully saturated rings. The van der Waals surface area contributed by atoms with E-state index in [1.807, 2.05) is 23.0 Å². The van der Waals surface area contributed by atoms with Crippen LogP contribution in [0.15, 0.2) is 47.2 Å². The number of benzene rings is 1. The maximum Gasteiger partial charge on any atom is 0.289 e. The molecule has 3 aromatic rings. The molecule has 0 aliphatic rings. The normalized spacial score (nSPS) is 11.0. The van der Waals surface area contributed by atoms with Gasteiger partial charge in [0.15, 0.2) is 5.76 Å². The van der Waals surface area contributed by atoms with Gasteiger partial charge in [0.1, 0.15) is 0 Å². The van der Waals surface area contributed by atoms with E-state index in [0.717, 1.165) is 10.9 Å². The van der Waals surface area contributed by atoms with Gasteiger partial charge in [-0.05, 0) is 44.2 Å². The highest BCUT2D eigenvalue weighted by Crippen LogP contribution is 2.19. The second-order valence-electron chi connectivity index (χ2n) is 6.16. The Balaban J connectivity index is 1.66. The van der Waals surface area contributed by atoms with Crippen LogP contribution < -0.4 is 5.32 Å². The van der Waals surface area contributed by atoms with E-state index in [1.54, 1.807) is 25.2 Å². The van der Waals surface area contributed by atoms with E-state index in [2.05, 4.69) is 24.3 Å². The van der Waals surface area contributed by atoms with Crippen LogP contribution in [0.25, 0.3) is 10.9 Å². The summed E-state index contributed by atoms with van der Waals surface area (Å²) in [6, 6.07) is 9.00. The van der Waals surface area contributed by atoms with Gasteiger partial charge in [-0.2, -0.15) is 5.10 Å². The summed E-state index contributed by atoms with van der Waals surface area (Å²) >= 11 is 0. The zero-order valence-electron chi connectivity index (χ0n) is 14.4. The summed E-state index contributed by atoms with van der Waals surface area (Å²) in [5.41, 5.74) is 1.54. The van der Waals surface area contributed by atoms with Crippen molar-refractivity contribution in [2.75, 3.05) is 18.9 Å². The monoisotopic (exact) mass is 340 g/mol. The van der Waals surface area contributed by atoms with Crippen molar-refractivity contribution in [3.8, 4) is 0 Å². The first kappa shape index (κ1) is 16.8. The van der Waals surface area contributed by atoms with Gasteiger partial charge in [0.25, 0.3) is 5.91 Å². The van der Waals surface area contributed by atoms with Gasteiger partial charge in [0.05, 0.1) is 18.3 Å². The lowest BCUT2D eigenvalue weighted by Gasteiger charge is -2.15. The summed E-state index contributed by atoms with van der Waals surface area (Å²) in [7, 11) is 1.56. The highest BCUT2D eigenvalue weighted by molar-refractivity contribution is 5.98. The van der Waals surface area contributed by atoms with Gasteiger partial charge < -0.3 is 14.6 Å². The van der Waals surface area contributed by atoms with Gasteiger partial charge in [-0.25, -0.2) is 0 Å². The molecule has 0 spiro atoms. The number of amides is 2. The molecule has 2 heterocycles. The molecule has 0 atom stereocenters. The molecular formula is C18H20N4O3. The SMILES string of the molecule is CC(C)n1cc2cc(NC(=O)CN(C)C(=O)c3ccco3)ccc2n1. The molecule has 1 N–H and O–H groups in total. The minimum atomic E-state index is -0.339. The van der Waals surface area contributed by atoms with E-state index >= 15 is 0 Å². The third-order valence-electron chi connectivity index (χ3n) is 3.79. The van der Waals surface area contributed by atoms with Crippen molar-refractivity contribution in [1.29, 1.82) is 0 Å². The lowest BCUT2D eigenvalue weighted by Crippen LogP contribution is -2.34. The second kappa shape index (κ2) is 6.80. The molecule has 0 unspecified atom stereocenters. The quantitative estimate of drug-likeness (QED) is 0.774. The maximum absolute atomic E-state index is 12.2. The molecule has 2 aromatic heterocycles. The number of likely N-dealkylation sites (N-methyl/N-ethyl adjacent to an activating group) is 1. The van der Waals surface area contributed by atoms with Gasteiger partial charge in [0.2, 0.25) is 5.91 Å². The van der Waals surface area contributed by atoms with Crippen molar-refractivity contribution >= 4 is 28.4 Å². The first-order valence-corrected chi connectivity index (χ1v) is 8.02. The van der Waals surface area contributed by atoms with Crippen molar-refractivity contribution in [2.24, 2.45) is 0 Å². The molecule has 0 aliphatic heterocycles. The van der Waals surface area contributed by atoms with Crippen LogP contribution in [0.1, 0.15) is 30.4 Å². The Hall–Kier alpha value is -3.09. The average molecular weight is 340 g/mol. The van der Waals surface area contributed by atoms with Crippen LogP contribution in [0.3, 0.4) is 0 Å². The van der Waals surface area contributed by atoms with Gasteiger partial charge in [-0.15, -0.1) is 0 Å². The smallest absolute Gasteiger partial charge is 0.289 e. The number of carbonyl (C=O) groups excluding carboxylic acids is 2. The topological polar surface area (TPSA) is 80.4 Å². The number of rotatable bonds is 5. The zero-order chi connectivity index (χ0) is 18.0. The summed E-state index contributed by atoms with van der Waals surface area (Å²) in [5.74, 6) is -0.412. The molecule has 25 heavy (non-hydrogen) atoms. The molecule has 0 aliphatic carbocycles. The number of nitrogens with zero attached hydrogens (tertiary/aromatic N) is 3. The molecule has 130 valence electrons. The zero-order valence-corrected chi connectivity index (χ0v) is 14.4. The molecule has 0 saturated carbocycles. The molecule has 7 heteroatoms. The van der Waals surface area contributed by atoms with Crippen LogP contribution in [-0.4, -0.2) is 40.1 Å². The molecule has 3 rings (SSSR count). The Kier molecular flexibility index (Phi) is 4.56. The van der Waals surface area contributed by atoms with Crippen molar-refractivity contribution in [3.05, 3.63) is 48.6 Å². The van der Waals surface area contributed by atoms with Crippen molar-refractivity contribution < 1.29 is 14.0 Å². The largest absolute Gasteiger partial charge is 0.459 e. The summed E-state index contributed by atoms with van der Waals surface area (Å²) in [6.45, 7) is 4.05. The van der Waals surface area contributed by atoms with Crippen LogP contribution in [0.5, 0.6) is 0 Å². The lowest BCUT2D eigenvalue weighted by molar-refractivity contribution is -0.116. The number of carbonyl (C=O) groups is 2. The Morgan fingerprint density at radius 3 is 2.80 bits per heavy atom. The van der Waals surface area contributed by atoms with Crippen LogP contribution in [0.4, 0.5) is 5.69 Å². The van der Waals surface area contributed by atoms with E-state index < -0.39 is 0 Å². The van der Waals surface area contributed by atoms with E-state index in [-0.39, 0.29) is 30.2 Å². The Morgan fingerprint density at radius 2 is 2.12 bits per heavy atom. The highest BCUT2D eigenvalue weighted by Gasteiger charge is 2.17. The first-order chi connectivity index (χ1) is 11.9. The molecule has 0 radical (unpaired) electrons. The maximum atomic E-state index is 12.2. The second-order valence-corrected chi connectivity index (χ2v) is 6.16. The fourth-order valence-electron chi connectivity index (χ4n) is 2.46. The van der Waals surface area contributed by atoms with Crippen molar-refractivity contribution in [3.63, 3.8) is 0 Å². The van der Waals surface area contributed by atoms with E-state index in [0.29, 0.717) is 5.69 Å². The van der Waals surface area contributed by atoms with Gasteiger partial charge in [-0.3, -0.25) is 14.3 Å². The van der Waals surface area contributed by atoms with Gasteiger partial charge >= 0.3 is 0 Å². The summed E-state index contributed by atoms with van der Waals surface area (Å²) < 4.78 is 6.93. The van der Waals surface area contributed by atoms with Gasteiger partial charge in [-0.1, -0.05) is 0 Å². The predicted octanol–water partition coefficient (Wildman–Crippen LogP) is 2.92. The molecule has 0 saturated heterocycles. The number of anilines is 1. The Bertz CT molecular complexity index is 896. The Labute approximate surface area is 145 Å². The third kappa shape index (κ3) is 3.71. The van der Waals surface area contributed by atoms with Crippen LogP contribution in [-0.2, 0) is 4.79 Å². The predicted molar refractivity (Wildman–Crippen MR) is 94.4 cm³/mol. The molecular weight excluding hydrogens is 320 g/mol. The summed E-state index contributed by atoms with van der Waals surface area (Å²) in [4.78, 5) is 25.6. The lowest BCUT2D eigenvalue weighted by atomic mass is 10.2. The summed E-state index contributed by atoms with van der Waals surface area (Å²) in [6.07, 6.45) is 3.37. The Morgan fingerprint density at radius 1 is 1.32 bits per heavy atom. The molecule has 0 bridgehead atoms. The number of hydrogen-bond donors (Lipinski definition) is 1. The van der Waals surface area contributed by atoms with Crippen molar-refractivity contribution in [2.45, 2.75) is 19.9 Å². The average Bonchev–Trinajstić information content (AvgIpc) is 3.23. The standard InChI is InChI=1S/C18H20N4O3/c1-12(2)22-10-13-9-14(6-7-15(13)20-22)19-17(23)11-21(3)18(24)16-5-4-8-25-16/h4-10,12H,11H2,1-3H3,(H,19,23). The minimum absolute atomic E-state index is 0.0666. The minimum Gasteiger partial charge on any atom is -0.459 e. The highest BCUT2D eigenvalue weighted by atomic mass is 16.3. The number of furan rings is 1. The van der Waals surface area contributed by atoms with Crippen LogP contribution in [0.2, 0.25) is 0 Å². The number of hydrogen-bond acceptors (Lipinski definition) is 4. The van der Waals surface area contributed by atoms with Crippen LogP contribution >= 0.6 is 0 Å². The summed E-state index contributed by atoms with van der Waals surface area (Å²) in [5, 5.41) is 8.23. The van der Waals surface area contributed by atoms with E-state index in [1.165, 1.54) is 11.2 Å². The van der Waals surface area contributed by atoms with Crippen molar-refractivity contribution in [1.82, 2.24) is 14.7 Å².